The third-order valence-corrected chi connectivity index (χ3v) is 6.97. The lowest BCUT2D eigenvalue weighted by Crippen LogP contribution is -2.53. The average Bonchev–Trinajstić information content (AvgIpc) is 2.84. The number of aliphatic carboxylic acids is 4. The summed E-state index contributed by atoms with van der Waals surface area (Å²) in [6.45, 7) is 2.79. The van der Waals surface area contributed by atoms with Crippen LogP contribution in [0.4, 0.5) is 0 Å². The molecule has 16 nitrogen and oxygen atoms in total. The van der Waals surface area contributed by atoms with Gasteiger partial charge in [0.25, 0.3) is 0 Å². The fraction of sp³-hybridized carbons (Fsp3) is 0.783. The van der Waals surface area contributed by atoms with Gasteiger partial charge in [-0.05, 0) is 6.42 Å². The van der Waals surface area contributed by atoms with Gasteiger partial charge in [-0.1, -0.05) is 0 Å². The fourth-order valence-corrected chi connectivity index (χ4v) is 4.76. The Morgan fingerprint density at radius 2 is 0.974 bits per heavy atom. The number of hydrogen-bond donors (Lipinski definition) is 5. The summed E-state index contributed by atoms with van der Waals surface area (Å²) >= 11 is 0. The quantitative estimate of drug-likeness (QED) is 0.157. The Kier molecular flexibility index (Phi) is 13.5. The predicted molar refractivity (Wildman–Crippen MR) is 137 cm³/mol. The minimum absolute atomic E-state index is 0.0138. The van der Waals surface area contributed by atoms with E-state index < -0.39 is 29.9 Å². The molecule has 2 rings (SSSR count). The minimum Gasteiger partial charge on any atom is -0.480 e. The second-order valence-electron chi connectivity index (χ2n) is 9.86. The van der Waals surface area contributed by atoms with Gasteiger partial charge in [0.1, 0.15) is 6.04 Å². The monoisotopic (exact) mass is 559 g/mol. The highest BCUT2D eigenvalue weighted by Gasteiger charge is 2.29. The number of hydrogen-bond acceptors (Lipinski definition) is 11. The molecule has 0 aliphatic carbocycles. The van der Waals surface area contributed by atoms with Crippen molar-refractivity contribution in [2.45, 2.75) is 18.9 Å². The summed E-state index contributed by atoms with van der Waals surface area (Å²) in [5.74, 6) is 1.27. The van der Waals surface area contributed by atoms with Gasteiger partial charge in [0.15, 0.2) is 0 Å². The van der Waals surface area contributed by atoms with Crippen molar-refractivity contribution < 1.29 is 44.4 Å². The molecular formula is C23H41N7O9. The first-order valence-electron chi connectivity index (χ1n) is 13.0. The molecule has 1 unspecified atom stereocenters. The standard InChI is InChI=1S/C23H41N7O9/c24-30-13-11-29(12-14-30)19(31)2-1-18(23(38)39)28-9-7-26(16-21(34)35)5-3-25(15-20(32)33)4-6-27(8-10-28)17-22(36)37/h18H,1-17,24H2,(H,32,33)(H,34,35)(H,36,37)(H,38,39). The van der Waals surface area contributed by atoms with E-state index in [0.717, 1.165) is 0 Å². The van der Waals surface area contributed by atoms with Gasteiger partial charge in [0.2, 0.25) is 5.91 Å². The zero-order valence-electron chi connectivity index (χ0n) is 22.2. The van der Waals surface area contributed by atoms with E-state index in [1.807, 2.05) is 0 Å². The lowest BCUT2D eigenvalue weighted by atomic mass is 10.1. The maximum absolute atomic E-state index is 12.7. The summed E-state index contributed by atoms with van der Waals surface area (Å²) in [6.07, 6.45) is 0.0567. The third kappa shape index (κ3) is 12.2. The number of rotatable bonds is 11. The van der Waals surface area contributed by atoms with Crippen LogP contribution in [0.2, 0.25) is 0 Å². The number of carboxylic acids is 4. The van der Waals surface area contributed by atoms with Crippen molar-refractivity contribution >= 4 is 29.8 Å². The molecule has 0 bridgehead atoms. The Hall–Kier alpha value is -2.89. The Labute approximate surface area is 227 Å². The molecule has 2 aliphatic rings. The van der Waals surface area contributed by atoms with Gasteiger partial charge >= 0.3 is 23.9 Å². The molecule has 0 spiro atoms. The summed E-state index contributed by atoms with van der Waals surface area (Å²) in [5, 5.41) is 39.6. The maximum Gasteiger partial charge on any atom is 0.320 e. The second-order valence-corrected chi connectivity index (χ2v) is 9.86. The normalized spacial score (nSPS) is 21.0. The number of nitrogens with two attached hydrogens (primary N) is 1. The number of carbonyl (C=O) groups excluding carboxylic acids is 1. The number of hydrazine groups is 1. The summed E-state index contributed by atoms with van der Waals surface area (Å²) < 4.78 is 0. The van der Waals surface area contributed by atoms with Gasteiger partial charge in [0, 0.05) is 85.0 Å². The molecule has 1 amide bonds. The highest BCUT2D eigenvalue weighted by molar-refractivity contribution is 5.78. The molecule has 2 fully saturated rings. The average molecular weight is 560 g/mol. The van der Waals surface area contributed by atoms with E-state index in [0.29, 0.717) is 26.2 Å². The highest BCUT2D eigenvalue weighted by Crippen LogP contribution is 2.12. The van der Waals surface area contributed by atoms with Crippen LogP contribution in [0.25, 0.3) is 0 Å². The summed E-state index contributed by atoms with van der Waals surface area (Å²) in [5.41, 5.74) is 0. The maximum atomic E-state index is 12.7. The SMILES string of the molecule is NN1CCN(C(=O)CCC(C(=O)O)N2CCN(CC(=O)O)CCN(CC(=O)O)CCN(CC(=O)O)CC2)CC1. The third-order valence-electron chi connectivity index (χ3n) is 6.97. The number of piperazine rings is 1. The smallest absolute Gasteiger partial charge is 0.320 e. The fourth-order valence-electron chi connectivity index (χ4n) is 4.76. The molecular weight excluding hydrogens is 518 g/mol. The molecule has 0 aromatic rings. The predicted octanol–water partition coefficient (Wildman–Crippen LogP) is -3.29. The number of nitrogens with zero attached hydrogens (tertiary/aromatic N) is 6. The van der Waals surface area contributed by atoms with Crippen LogP contribution in [0.3, 0.4) is 0 Å². The molecule has 0 aromatic carbocycles. The molecule has 2 saturated heterocycles. The van der Waals surface area contributed by atoms with Crippen molar-refractivity contribution in [3.63, 3.8) is 0 Å². The zero-order chi connectivity index (χ0) is 28.9. The molecule has 6 N–H and O–H groups in total. The van der Waals surface area contributed by atoms with Crippen molar-refractivity contribution in [1.29, 1.82) is 0 Å². The van der Waals surface area contributed by atoms with Crippen LogP contribution in [-0.2, 0) is 24.0 Å². The Morgan fingerprint density at radius 1 is 0.590 bits per heavy atom. The van der Waals surface area contributed by atoms with Crippen molar-refractivity contribution in [3.8, 4) is 0 Å². The summed E-state index contributed by atoms with van der Waals surface area (Å²) in [7, 11) is 0. The van der Waals surface area contributed by atoms with Gasteiger partial charge in [-0.3, -0.25) is 49.4 Å². The van der Waals surface area contributed by atoms with Crippen LogP contribution < -0.4 is 5.84 Å². The minimum atomic E-state index is -1.12. The van der Waals surface area contributed by atoms with E-state index in [2.05, 4.69) is 0 Å². The largest absolute Gasteiger partial charge is 0.480 e. The first-order valence-corrected chi connectivity index (χ1v) is 13.0. The van der Waals surface area contributed by atoms with Crippen molar-refractivity contribution in [2.75, 3.05) is 98.2 Å². The van der Waals surface area contributed by atoms with Crippen LogP contribution in [0.1, 0.15) is 12.8 Å². The van der Waals surface area contributed by atoms with E-state index in [9.17, 15) is 44.4 Å². The molecule has 0 saturated carbocycles. The van der Waals surface area contributed by atoms with Crippen molar-refractivity contribution in [1.82, 2.24) is 29.5 Å². The van der Waals surface area contributed by atoms with Crippen LogP contribution in [0, 0.1) is 0 Å². The first kappa shape index (κ1) is 32.3. The van der Waals surface area contributed by atoms with Gasteiger partial charge in [-0.25, -0.2) is 5.01 Å². The van der Waals surface area contributed by atoms with E-state index >= 15 is 0 Å². The topological polar surface area (TPSA) is 212 Å². The van der Waals surface area contributed by atoms with Crippen LogP contribution in [-0.4, -0.2) is 184 Å². The van der Waals surface area contributed by atoms with E-state index in [1.54, 1.807) is 29.5 Å². The van der Waals surface area contributed by atoms with Gasteiger partial charge in [-0.15, -0.1) is 0 Å². The van der Waals surface area contributed by atoms with Crippen molar-refractivity contribution in [2.24, 2.45) is 5.84 Å². The molecule has 16 heteroatoms. The van der Waals surface area contributed by atoms with Crippen LogP contribution in [0.15, 0.2) is 0 Å². The molecule has 1 atom stereocenters. The second kappa shape index (κ2) is 16.3. The Bertz CT molecular complexity index is 822. The molecule has 2 heterocycles. The molecule has 39 heavy (non-hydrogen) atoms. The van der Waals surface area contributed by atoms with E-state index in [1.165, 1.54) is 0 Å². The molecule has 0 aromatic heterocycles. The Balaban J connectivity index is 2.17. The van der Waals surface area contributed by atoms with Gasteiger partial charge in [-0.2, -0.15) is 0 Å². The number of carbonyl (C=O) groups is 5. The zero-order valence-corrected chi connectivity index (χ0v) is 22.2. The Morgan fingerprint density at radius 3 is 1.33 bits per heavy atom. The van der Waals surface area contributed by atoms with Gasteiger partial charge < -0.3 is 25.3 Å². The van der Waals surface area contributed by atoms with Crippen LogP contribution >= 0.6 is 0 Å². The van der Waals surface area contributed by atoms with Gasteiger partial charge in [0.05, 0.1) is 19.6 Å². The number of carboxylic acid groups (broad SMARTS) is 4. The summed E-state index contributed by atoms with van der Waals surface area (Å²) in [6, 6.07) is -1.03. The lowest BCUT2D eigenvalue weighted by Gasteiger charge is -2.36. The molecule has 0 radical (unpaired) electrons. The highest BCUT2D eigenvalue weighted by atomic mass is 16.4. The molecule has 2 aliphatic heterocycles. The molecule has 222 valence electrons. The van der Waals surface area contributed by atoms with Crippen molar-refractivity contribution in [3.05, 3.63) is 0 Å². The van der Waals surface area contributed by atoms with E-state index in [-0.39, 0.29) is 90.7 Å². The first-order chi connectivity index (χ1) is 18.4. The lowest BCUT2D eigenvalue weighted by molar-refractivity contribution is -0.145. The summed E-state index contributed by atoms with van der Waals surface area (Å²) in [4.78, 5) is 67.4. The van der Waals surface area contributed by atoms with E-state index in [4.69, 9.17) is 5.84 Å². The number of amides is 1. The van der Waals surface area contributed by atoms with Crippen LogP contribution in [0.5, 0.6) is 0 Å².